The second kappa shape index (κ2) is 8.10. The lowest BCUT2D eigenvalue weighted by molar-refractivity contribution is -0.172. The highest BCUT2D eigenvalue weighted by atomic mass is 32.2. The lowest BCUT2D eigenvalue weighted by atomic mass is 9.62. The molecule has 0 amide bonds. The van der Waals surface area contributed by atoms with Crippen molar-refractivity contribution in [2.75, 3.05) is 19.8 Å². The molecule has 1 aromatic rings. The lowest BCUT2D eigenvalue weighted by Gasteiger charge is -2.53. The Balaban J connectivity index is 1.49. The normalized spacial score (nSPS) is 27.6. The molecule has 3 fully saturated rings. The van der Waals surface area contributed by atoms with Gasteiger partial charge in [0.2, 0.25) is 0 Å². The molecule has 0 atom stereocenters. The Bertz CT molecular complexity index is 646. The molecule has 0 unspecified atom stereocenters. The molecule has 4 nitrogen and oxygen atoms in total. The lowest BCUT2D eigenvalue weighted by Crippen LogP contribution is -2.53. The van der Waals surface area contributed by atoms with E-state index in [1.807, 2.05) is 32.9 Å². The van der Waals surface area contributed by atoms with Gasteiger partial charge in [0.25, 0.3) is 0 Å². The molecular formula is C21H29FO4S. The fourth-order valence-electron chi connectivity index (χ4n) is 4.12. The van der Waals surface area contributed by atoms with Crippen LogP contribution in [0.1, 0.15) is 58.4 Å². The minimum atomic E-state index is -0.490. The predicted octanol–water partition coefficient (Wildman–Crippen LogP) is 4.99. The third kappa shape index (κ3) is 5.04. The van der Waals surface area contributed by atoms with Crippen molar-refractivity contribution in [3.05, 3.63) is 29.8 Å². The van der Waals surface area contributed by atoms with Crippen LogP contribution in [0.2, 0.25) is 0 Å². The third-order valence-corrected chi connectivity index (χ3v) is 6.08. The monoisotopic (exact) mass is 396 g/mol. The summed E-state index contributed by atoms with van der Waals surface area (Å²) in [6.07, 6.45) is 4.80. The fourth-order valence-corrected chi connectivity index (χ4v) is 4.42. The van der Waals surface area contributed by atoms with Crippen LogP contribution in [0.4, 0.5) is 3.89 Å². The van der Waals surface area contributed by atoms with Crippen molar-refractivity contribution in [3.63, 3.8) is 0 Å². The van der Waals surface area contributed by atoms with Crippen LogP contribution in [0.25, 0.3) is 0 Å². The van der Waals surface area contributed by atoms with Crippen LogP contribution in [0.15, 0.2) is 29.2 Å². The van der Waals surface area contributed by atoms with E-state index in [1.54, 1.807) is 6.07 Å². The first-order valence-electron chi connectivity index (χ1n) is 9.59. The molecule has 2 heterocycles. The molecule has 2 aliphatic heterocycles. The van der Waals surface area contributed by atoms with E-state index < -0.39 is 5.60 Å². The van der Waals surface area contributed by atoms with Crippen molar-refractivity contribution in [1.29, 1.82) is 0 Å². The van der Waals surface area contributed by atoms with Gasteiger partial charge in [-0.25, -0.2) is 4.79 Å². The van der Waals surface area contributed by atoms with Crippen LogP contribution in [0, 0.1) is 0 Å². The number of rotatable bonds is 7. The largest absolute Gasteiger partial charge is 0.458 e. The summed E-state index contributed by atoms with van der Waals surface area (Å²) in [5.74, 6) is -0.335. The van der Waals surface area contributed by atoms with Crippen LogP contribution in [0.5, 0.6) is 0 Å². The number of halogens is 1. The summed E-state index contributed by atoms with van der Waals surface area (Å²) >= 11 is 0.292. The van der Waals surface area contributed by atoms with E-state index in [2.05, 4.69) is 6.07 Å². The molecule has 6 heteroatoms. The molecule has 27 heavy (non-hydrogen) atoms. The van der Waals surface area contributed by atoms with Crippen molar-refractivity contribution < 1.29 is 22.9 Å². The zero-order chi connectivity index (χ0) is 19.5. The average Bonchev–Trinajstić information content (AvgIpc) is 2.65. The summed E-state index contributed by atoms with van der Waals surface area (Å²) in [5, 5.41) is 0. The zero-order valence-corrected chi connectivity index (χ0v) is 17.2. The summed E-state index contributed by atoms with van der Waals surface area (Å²) in [7, 11) is 0. The van der Waals surface area contributed by atoms with Crippen LogP contribution in [0.3, 0.4) is 0 Å². The van der Waals surface area contributed by atoms with Crippen molar-refractivity contribution in [2.45, 2.75) is 74.4 Å². The van der Waals surface area contributed by atoms with Crippen molar-refractivity contribution in [3.8, 4) is 0 Å². The maximum atomic E-state index is 12.9. The smallest absolute Gasteiger partial charge is 0.332 e. The summed E-state index contributed by atoms with van der Waals surface area (Å²) in [4.78, 5) is 12.4. The highest BCUT2D eigenvalue weighted by Gasteiger charge is 2.50. The molecule has 3 aliphatic rings. The topological polar surface area (TPSA) is 44.8 Å². The summed E-state index contributed by atoms with van der Waals surface area (Å²) in [6, 6.07) is 7.76. The Morgan fingerprint density at radius 3 is 2.59 bits per heavy atom. The molecule has 1 saturated carbocycles. The highest BCUT2D eigenvalue weighted by molar-refractivity contribution is 7.94. The number of fused-ring (bicyclic) bond motifs is 3. The van der Waals surface area contributed by atoms with Gasteiger partial charge in [-0.2, -0.15) is 3.89 Å². The standard InChI is InChI=1S/C21H29FO4S/c1-19(2,3)26-18(23)14-24-12-11-21-9-7-20(8-10-21,15-25-21)16-5-4-6-17(13-16)27-22/h4-6,13H,7-12,14-15H2,1-3H3. The molecule has 0 radical (unpaired) electrons. The summed E-state index contributed by atoms with van der Waals surface area (Å²) < 4.78 is 30.0. The van der Waals surface area contributed by atoms with Gasteiger partial charge in [-0.1, -0.05) is 12.1 Å². The molecular weight excluding hydrogens is 367 g/mol. The van der Waals surface area contributed by atoms with Gasteiger partial charge in [-0.15, -0.1) is 0 Å². The van der Waals surface area contributed by atoms with E-state index >= 15 is 0 Å². The van der Waals surface area contributed by atoms with Crippen LogP contribution < -0.4 is 0 Å². The van der Waals surface area contributed by atoms with Crippen LogP contribution in [-0.4, -0.2) is 37.0 Å². The zero-order valence-electron chi connectivity index (χ0n) is 16.4. The Morgan fingerprint density at radius 2 is 2.00 bits per heavy atom. The molecule has 0 aromatic heterocycles. The quantitative estimate of drug-likeness (QED) is 0.480. The van der Waals surface area contributed by atoms with E-state index in [9.17, 15) is 8.68 Å². The second-order valence-corrected chi connectivity index (χ2v) is 9.37. The minimum Gasteiger partial charge on any atom is -0.458 e. The Kier molecular flexibility index (Phi) is 6.18. The van der Waals surface area contributed by atoms with Crippen molar-refractivity contribution >= 4 is 18.1 Å². The number of carbonyl (C=O) groups excluding carboxylic acids is 1. The molecule has 150 valence electrons. The van der Waals surface area contributed by atoms with Gasteiger partial charge < -0.3 is 14.2 Å². The van der Waals surface area contributed by atoms with Gasteiger partial charge in [-0.05, 0) is 70.6 Å². The van der Waals surface area contributed by atoms with Gasteiger partial charge in [0, 0.05) is 10.3 Å². The third-order valence-electron chi connectivity index (χ3n) is 5.65. The van der Waals surface area contributed by atoms with E-state index in [1.165, 1.54) is 5.56 Å². The number of carbonyl (C=O) groups is 1. The average molecular weight is 397 g/mol. The maximum absolute atomic E-state index is 12.9. The molecule has 2 bridgehead atoms. The van der Waals surface area contributed by atoms with Gasteiger partial charge in [0.1, 0.15) is 12.2 Å². The maximum Gasteiger partial charge on any atom is 0.332 e. The van der Waals surface area contributed by atoms with Crippen LogP contribution in [-0.2, 0) is 24.4 Å². The van der Waals surface area contributed by atoms with Gasteiger partial charge in [0.15, 0.2) is 0 Å². The SMILES string of the molecule is CC(C)(C)OC(=O)COCCC12CCC(c3cccc(SF)c3)(CC1)CO2. The second-order valence-electron chi connectivity index (χ2n) is 8.75. The number of hydrogen-bond donors (Lipinski definition) is 0. The van der Waals surface area contributed by atoms with Gasteiger partial charge in [0.05, 0.1) is 31.0 Å². The first-order chi connectivity index (χ1) is 12.8. The number of ether oxygens (including phenoxy) is 3. The molecule has 2 saturated heterocycles. The number of hydrogen-bond acceptors (Lipinski definition) is 5. The Labute approximate surface area is 165 Å². The number of esters is 1. The van der Waals surface area contributed by atoms with Gasteiger partial charge >= 0.3 is 5.97 Å². The number of benzene rings is 1. The molecule has 0 spiro atoms. The first kappa shape index (κ1) is 20.6. The first-order valence-corrected chi connectivity index (χ1v) is 10.3. The molecule has 1 aromatic carbocycles. The van der Waals surface area contributed by atoms with E-state index in [0.29, 0.717) is 30.3 Å². The summed E-state index contributed by atoms with van der Waals surface area (Å²) in [6.45, 7) is 6.66. The van der Waals surface area contributed by atoms with E-state index in [-0.39, 0.29) is 23.6 Å². The van der Waals surface area contributed by atoms with E-state index in [0.717, 1.165) is 32.1 Å². The minimum absolute atomic E-state index is 0.00482. The van der Waals surface area contributed by atoms with Crippen LogP contribution >= 0.6 is 12.1 Å². The molecule has 4 rings (SSSR count). The van der Waals surface area contributed by atoms with Crippen molar-refractivity contribution in [2.24, 2.45) is 0 Å². The van der Waals surface area contributed by atoms with Gasteiger partial charge in [-0.3, -0.25) is 0 Å². The predicted molar refractivity (Wildman–Crippen MR) is 104 cm³/mol. The Hall–Kier alpha value is -1.11. The molecule has 1 aliphatic carbocycles. The van der Waals surface area contributed by atoms with Crippen molar-refractivity contribution in [1.82, 2.24) is 0 Å². The summed E-state index contributed by atoms with van der Waals surface area (Å²) in [5.41, 5.74) is 0.545. The Morgan fingerprint density at radius 1 is 1.26 bits per heavy atom. The highest BCUT2D eigenvalue weighted by Crippen LogP contribution is 2.51. The molecule has 0 N–H and O–H groups in total. The van der Waals surface area contributed by atoms with E-state index in [4.69, 9.17) is 14.2 Å². The fraction of sp³-hybridized carbons (Fsp3) is 0.667.